The molecule has 33 heavy (non-hydrogen) atoms. The molecule has 2 amide bonds. The second kappa shape index (κ2) is 11.2. The maximum atomic E-state index is 12.3. The minimum atomic E-state index is -0.494. The van der Waals surface area contributed by atoms with E-state index in [2.05, 4.69) is 21.8 Å². The van der Waals surface area contributed by atoms with E-state index in [9.17, 15) is 9.59 Å². The number of hydrazone groups is 1. The lowest BCUT2D eigenvalue weighted by Gasteiger charge is -2.10. The molecule has 0 fully saturated rings. The Balaban J connectivity index is 1.64. The van der Waals surface area contributed by atoms with Crippen LogP contribution in [-0.4, -0.2) is 45.4 Å². The third-order valence-electron chi connectivity index (χ3n) is 4.68. The molecule has 0 saturated carbocycles. The van der Waals surface area contributed by atoms with Crippen molar-refractivity contribution in [3.05, 3.63) is 65.7 Å². The minimum absolute atomic E-state index is 0.105. The monoisotopic (exact) mass is 445 g/mol. The quantitative estimate of drug-likeness (QED) is 0.300. The van der Waals surface area contributed by atoms with Gasteiger partial charge in [-0.1, -0.05) is 36.3 Å². The Hall–Kier alpha value is -4.51. The molecule has 168 valence electrons. The number of terminal acetylenes is 1. The van der Waals surface area contributed by atoms with Crippen LogP contribution >= 0.6 is 0 Å². The standard InChI is InChI=1S/C25H23N3O5/c1-4-13-33-21-11-9-17-7-5-6-8-19(17)20(21)15-27-28-24(29)16-26-25(30)18-10-12-22(31-2)23(14-18)32-3/h1,5-12,14-15H,13,16H2,2-3H3,(H,26,30)(H,28,29)/b27-15+. The highest BCUT2D eigenvalue weighted by Gasteiger charge is 2.12. The molecular formula is C25H23N3O5. The molecule has 0 atom stereocenters. The number of hydrogen-bond acceptors (Lipinski definition) is 6. The third kappa shape index (κ3) is 5.80. The van der Waals surface area contributed by atoms with Crippen molar-refractivity contribution in [1.82, 2.24) is 10.7 Å². The molecule has 0 spiro atoms. The van der Waals surface area contributed by atoms with Gasteiger partial charge in [0.25, 0.3) is 11.8 Å². The van der Waals surface area contributed by atoms with Crippen LogP contribution in [0.5, 0.6) is 17.2 Å². The minimum Gasteiger partial charge on any atom is -0.493 e. The van der Waals surface area contributed by atoms with Gasteiger partial charge in [-0.3, -0.25) is 9.59 Å². The first-order chi connectivity index (χ1) is 16.1. The number of hydrogen-bond donors (Lipinski definition) is 2. The summed E-state index contributed by atoms with van der Waals surface area (Å²) >= 11 is 0. The lowest BCUT2D eigenvalue weighted by Crippen LogP contribution is -2.34. The van der Waals surface area contributed by atoms with Gasteiger partial charge in [0, 0.05) is 11.1 Å². The van der Waals surface area contributed by atoms with E-state index in [-0.39, 0.29) is 13.2 Å². The van der Waals surface area contributed by atoms with E-state index in [1.165, 1.54) is 26.5 Å². The zero-order valence-corrected chi connectivity index (χ0v) is 18.3. The van der Waals surface area contributed by atoms with Crippen molar-refractivity contribution in [3.8, 4) is 29.6 Å². The van der Waals surface area contributed by atoms with Gasteiger partial charge in [-0.15, -0.1) is 6.42 Å². The molecule has 0 aromatic heterocycles. The Morgan fingerprint density at radius 2 is 1.79 bits per heavy atom. The van der Waals surface area contributed by atoms with Crippen molar-refractivity contribution in [3.63, 3.8) is 0 Å². The molecule has 0 radical (unpaired) electrons. The highest BCUT2D eigenvalue weighted by molar-refractivity contribution is 6.03. The predicted octanol–water partition coefficient (Wildman–Crippen LogP) is 2.75. The highest BCUT2D eigenvalue weighted by Crippen LogP contribution is 2.28. The van der Waals surface area contributed by atoms with Gasteiger partial charge in [0.1, 0.15) is 12.4 Å². The van der Waals surface area contributed by atoms with Gasteiger partial charge in [-0.05, 0) is 35.0 Å². The molecule has 3 aromatic rings. The summed E-state index contributed by atoms with van der Waals surface area (Å²) < 4.78 is 15.9. The van der Waals surface area contributed by atoms with Crippen molar-refractivity contribution >= 4 is 28.8 Å². The fourth-order valence-corrected chi connectivity index (χ4v) is 3.10. The maximum Gasteiger partial charge on any atom is 0.259 e. The first kappa shape index (κ1) is 23.2. The highest BCUT2D eigenvalue weighted by atomic mass is 16.5. The molecule has 2 N–H and O–H groups in total. The van der Waals surface area contributed by atoms with Gasteiger partial charge < -0.3 is 19.5 Å². The maximum absolute atomic E-state index is 12.3. The van der Waals surface area contributed by atoms with Gasteiger partial charge in [0.2, 0.25) is 0 Å². The smallest absolute Gasteiger partial charge is 0.259 e. The number of nitrogens with one attached hydrogen (secondary N) is 2. The van der Waals surface area contributed by atoms with Crippen LogP contribution in [0.25, 0.3) is 10.8 Å². The van der Waals surface area contributed by atoms with Crippen LogP contribution in [-0.2, 0) is 4.79 Å². The second-order valence-corrected chi connectivity index (χ2v) is 6.74. The lowest BCUT2D eigenvalue weighted by molar-refractivity contribution is -0.120. The van der Waals surface area contributed by atoms with Crippen molar-refractivity contribution in [2.75, 3.05) is 27.4 Å². The molecule has 0 heterocycles. The van der Waals surface area contributed by atoms with E-state index in [1.807, 2.05) is 30.3 Å². The summed E-state index contributed by atoms with van der Waals surface area (Å²) in [4.78, 5) is 24.5. The van der Waals surface area contributed by atoms with Crippen molar-refractivity contribution in [1.29, 1.82) is 0 Å². The van der Waals surface area contributed by atoms with Gasteiger partial charge in [0.15, 0.2) is 11.5 Å². The van der Waals surface area contributed by atoms with E-state index >= 15 is 0 Å². The van der Waals surface area contributed by atoms with Crippen molar-refractivity contribution in [2.24, 2.45) is 5.10 Å². The summed E-state index contributed by atoms with van der Waals surface area (Å²) in [6, 6.07) is 16.1. The normalized spacial score (nSPS) is 10.5. The van der Waals surface area contributed by atoms with Gasteiger partial charge in [-0.25, -0.2) is 5.43 Å². The summed E-state index contributed by atoms with van der Waals surface area (Å²) in [6.45, 7) is -0.159. The fraction of sp³-hybridized carbons (Fsp3) is 0.160. The molecule has 0 unspecified atom stereocenters. The van der Waals surface area contributed by atoms with Crippen molar-refractivity contribution in [2.45, 2.75) is 0 Å². The largest absolute Gasteiger partial charge is 0.493 e. The molecule has 0 saturated heterocycles. The van der Waals surface area contributed by atoms with Crippen LogP contribution in [0.2, 0.25) is 0 Å². The molecular weight excluding hydrogens is 422 g/mol. The van der Waals surface area contributed by atoms with Crippen LogP contribution in [0.4, 0.5) is 0 Å². The zero-order chi connectivity index (χ0) is 23.6. The first-order valence-electron chi connectivity index (χ1n) is 9.97. The summed E-state index contributed by atoms with van der Waals surface area (Å²) in [7, 11) is 2.98. The molecule has 0 aliphatic carbocycles. The first-order valence-corrected chi connectivity index (χ1v) is 9.97. The average Bonchev–Trinajstić information content (AvgIpc) is 2.86. The van der Waals surface area contributed by atoms with Crippen LogP contribution in [0.15, 0.2) is 59.7 Å². The number of amides is 2. The Bertz CT molecular complexity index is 1230. The fourth-order valence-electron chi connectivity index (χ4n) is 3.10. The Morgan fingerprint density at radius 3 is 2.55 bits per heavy atom. The Morgan fingerprint density at radius 1 is 1.03 bits per heavy atom. The van der Waals surface area contributed by atoms with Gasteiger partial charge in [0.05, 0.1) is 27.0 Å². The molecule has 3 rings (SSSR count). The number of fused-ring (bicyclic) bond motifs is 1. The van der Waals surface area contributed by atoms with E-state index in [0.717, 1.165) is 10.8 Å². The number of carbonyl (C=O) groups is 2. The molecule has 0 aliphatic rings. The Labute approximate surface area is 191 Å². The van der Waals surface area contributed by atoms with Gasteiger partial charge in [-0.2, -0.15) is 5.10 Å². The summed E-state index contributed by atoms with van der Waals surface area (Å²) in [5, 5.41) is 8.44. The number of ether oxygens (including phenoxy) is 3. The molecule has 8 nitrogen and oxygen atoms in total. The van der Waals surface area contributed by atoms with E-state index < -0.39 is 11.8 Å². The second-order valence-electron chi connectivity index (χ2n) is 6.74. The number of rotatable bonds is 9. The number of nitrogens with zero attached hydrogens (tertiary/aromatic N) is 1. The number of carbonyl (C=O) groups excluding carboxylic acids is 2. The van der Waals surface area contributed by atoms with Crippen LogP contribution in [0, 0.1) is 12.3 Å². The zero-order valence-electron chi connectivity index (χ0n) is 18.3. The van der Waals surface area contributed by atoms with Gasteiger partial charge >= 0.3 is 0 Å². The summed E-state index contributed by atoms with van der Waals surface area (Å²) in [5.74, 6) is 2.96. The molecule has 8 heteroatoms. The van der Waals surface area contributed by atoms with E-state index in [1.54, 1.807) is 18.2 Å². The Kier molecular flexibility index (Phi) is 7.86. The van der Waals surface area contributed by atoms with E-state index in [4.69, 9.17) is 20.6 Å². The SMILES string of the molecule is C#CCOc1ccc2ccccc2c1/C=N/NC(=O)CNC(=O)c1ccc(OC)c(OC)c1. The van der Waals surface area contributed by atoms with Crippen LogP contribution < -0.4 is 25.0 Å². The lowest BCUT2D eigenvalue weighted by atomic mass is 10.0. The molecule has 0 aliphatic heterocycles. The van der Waals surface area contributed by atoms with E-state index in [0.29, 0.717) is 28.4 Å². The van der Waals surface area contributed by atoms with Crippen LogP contribution in [0.3, 0.4) is 0 Å². The topological polar surface area (TPSA) is 98.2 Å². The summed E-state index contributed by atoms with van der Waals surface area (Å²) in [6.07, 6.45) is 6.78. The number of methoxy groups -OCH3 is 2. The van der Waals surface area contributed by atoms with Crippen LogP contribution in [0.1, 0.15) is 15.9 Å². The molecule has 0 bridgehead atoms. The predicted molar refractivity (Wildman–Crippen MR) is 126 cm³/mol. The summed E-state index contributed by atoms with van der Waals surface area (Å²) in [5.41, 5.74) is 3.41. The van der Waals surface area contributed by atoms with Crippen molar-refractivity contribution < 1.29 is 23.8 Å². The molecule has 3 aromatic carbocycles. The number of benzene rings is 3. The average molecular weight is 445 g/mol. The third-order valence-corrected chi connectivity index (χ3v) is 4.68.